The highest BCUT2D eigenvalue weighted by molar-refractivity contribution is 6.35. The SMILES string of the molecule is COCC(CO)NCc1ccc(Cl)cc1Cl. The first-order valence-corrected chi connectivity index (χ1v) is 5.70. The van der Waals surface area contributed by atoms with Crippen molar-refractivity contribution in [2.75, 3.05) is 20.3 Å². The quantitative estimate of drug-likeness (QED) is 0.826. The number of hydrogen-bond acceptors (Lipinski definition) is 3. The topological polar surface area (TPSA) is 41.5 Å². The fourth-order valence-corrected chi connectivity index (χ4v) is 1.77. The van der Waals surface area contributed by atoms with Crippen LogP contribution in [0.25, 0.3) is 0 Å². The molecule has 0 radical (unpaired) electrons. The van der Waals surface area contributed by atoms with E-state index in [-0.39, 0.29) is 12.6 Å². The van der Waals surface area contributed by atoms with Gasteiger partial charge in [-0.05, 0) is 17.7 Å². The summed E-state index contributed by atoms with van der Waals surface area (Å²) in [6.45, 7) is 1.06. The molecule has 0 aliphatic carbocycles. The third-order valence-corrected chi connectivity index (χ3v) is 2.77. The van der Waals surface area contributed by atoms with Gasteiger partial charge >= 0.3 is 0 Å². The molecule has 90 valence electrons. The van der Waals surface area contributed by atoms with Crippen molar-refractivity contribution >= 4 is 23.2 Å². The molecule has 0 fully saturated rings. The summed E-state index contributed by atoms with van der Waals surface area (Å²) in [6, 6.07) is 5.26. The van der Waals surface area contributed by atoms with E-state index in [1.807, 2.05) is 6.07 Å². The van der Waals surface area contributed by atoms with Crippen molar-refractivity contribution < 1.29 is 9.84 Å². The summed E-state index contributed by atoms with van der Waals surface area (Å²) in [4.78, 5) is 0. The van der Waals surface area contributed by atoms with Gasteiger partial charge in [-0.2, -0.15) is 0 Å². The van der Waals surface area contributed by atoms with Crippen LogP contribution in [0.3, 0.4) is 0 Å². The zero-order chi connectivity index (χ0) is 12.0. The number of halogens is 2. The second-order valence-corrected chi connectivity index (χ2v) is 4.30. The second-order valence-electron chi connectivity index (χ2n) is 3.45. The monoisotopic (exact) mass is 263 g/mol. The third-order valence-electron chi connectivity index (χ3n) is 2.18. The molecule has 0 spiro atoms. The summed E-state index contributed by atoms with van der Waals surface area (Å²) in [5, 5.41) is 13.4. The Bertz CT molecular complexity index is 334. The summed E-state index contributed by atoms with van der Waals surface area (Å²) in [5.41, 5.74) is 0.945. The number of methoxy groups -OCH3 is 1. The average Bonchev–Trinajstić information content (AvgIpc) is 2.26. The van der Waals surface area contributed by atoms with E-state index in [9.17, 15) is 0 Å². The lowest BCUT2D eigenvalue weighted by Crippen LogP contribution is -2.35. The number of nitrogens with one attached hydrogen (secondary N) is 1. The number of benzene rings is 1. The Kier molecular flexibility index (Phi) is 6.09. The Labute approximate surface area is 105 Å². The van der Waals surface area contributed by atoms with Crippen LogP contribution < -0.4 is 5.32 Å². The molecule has 1 rings (SSSR count). The minimum atomic E-state index is -0.0863. The van der Waals surface area contributed by atoms with E-state index in [0.717, 1.165) is 5.56 Å². The molecule has 1 aromatic rings. The molecule has 2 N–H and O–H groups in total. The lowest BCUT2D eigenvalue weighted by atomic mass is 10.2. The summed E-state index contributed by atoms with van der Waals surface area (Å²) in [7, 11) is 1.60. The number of aliphatic hydroxyl groups excluding tert-OH is 1. The molecule has 0 aliphatic heterocycles. The maximum Gasteiger partial charge on any atom is 0.0638 e. The molecular weight excluding hydrogens is 249 g/mol. The summed E-state index contributed by atoms with van der Waals surface area (Å²) in [5.74, 6) is 0. The Morgan fingerprint density at radius 1 is 1.44 bits per heavy atom. The van der Waals surface area contributed by atoms with Gasteiger partial charge in [0.25, 0.3) is 0 Å². The fourth-order valence-electron chi connectivity index (χ4n) is 1.30. The van der Waals surface area contributed by atoms with E-state index in [0.29, 0.717) is 23.2 Å². The molecule has 5 heteroatoms. The highest BCUT2D eigenvalue weighted by atomic mass is 35.5. The first kappa shape index (κ1) is 13.7. The lowest BCUT2D eigenvalue weighted by molar-refractivity contribution is 0.128. The fraction of sp³-hybridized carbons (Fsp3) is 0.455. The number of hydrogen-bond donors (Lipinski definition) is 2. The van der Waals surface area contributed by atoms with Crippen LogP contribution in [-0.4, -0.2) is 31.5 Å². The first-order chi connectivity index (χ1) is 7.67. The van der Waals surface area contributed by atoms with Crippen molar-refractivity contribution in [3.8, 4) is 0 Å². The average molecular weight is 264 g/mol. The molecule has 0 aromatic heterocycles. The lowest BCUT2D eigenvalue weighted by Gasteiger charge is -2.15. The summed E-state index contributed by atoms with van der Waals surface area (Å²) in [6.07, 6.45) is 0. The third kappa shape index (κ3) is 4.28. The van der Waals surface area contributed by atoms with Gasteiger partial charge in [-0.3, -0.25) is 0 Å². The van der Waals surface area contributed by atoms with E-state index >= 15 is 0 Å². The van der Waals surface area contributed by atoms with Gasteiger partial charge in [-0.25, -0.2) is 0 Å². The predicted molar refractivity (Wildman–Crippen MR) is 66.1 cm³/mol. The van der Waals surface area contributed by atoms with Crippen molar-refractivity contribution in [3.63, 3.8) is 0 Å². The zero-order valence-corrected chi connectivity index (χ0v) is 10.6. The smallest absolute Gasteiger partial charge is 0.0638 e. The van der Waals surface area contributed by atoms with Crippen LogP contribution in [0, 0.1) is 0 Å². The van der Waals surface area contributed by atoms with Gasteiger partial charge in [0.15, 0.2) is 0 Å². The highest BCUT2D eigenvalue weighted by Crippen LogP contribution is 2.20. The normalized spacial score (nSPS) is 12.8. The molecule has 0 aliphatic rings. The minimum absolute atomic E-state index is 0.0268. The van der Waals surface area contributed by atoms with Gasteiger partial charge in [-0.1, -0.05) is 29.3 Å². The molecule has 16 heavy (non-hydrogen) atoms. The first-order valence-electron chi connectivity index (χ1n) is 4.94. The predicted octanol–water partition coefficient (Wildman–Crippen LogP) is 2.09. The molecule has 0 bridgehead atoms. The van der Waals surface area contributed by atoms with Gasteiger partial charge in [0, 0.05) is 23.7 Å². The highest BCUT2D eigenvalue weighted by Gasteiger charge is 2.07. The maximum atomic E-state index is 9.05. The number of aliphatic hydroxyl groups is 1. The van der Waals surface area contributed by atoms with Crippen LogP contribution in [0.1, 0.15) is 5.56 Å². The standard InChI is InChI=1S/C11H15Cl2NO2/c1-16-7-10(6-15)14-5-8-2-3-9(12)4-11(8)13/h2-4,10,14-15H,5-7H2,1H3. The van der Waals surface area contributed by atoms with Crippen LogP contribution in [0.4, 0.5) is 0 Å². The molecule has 0 saturated heterocycles. The molecule has 3 nitrogen and oxygen atoms in total. The largest absolute Gasteiger partial charge is 0.395 e. The number of ether oxygens (including phenoxy) is 1. The Balaban J connectivity index is 2.53. The molecule has 0 saturated carbocycles. The Morgan fingerprint density at radius 2 is 2.19 bits per heavy atom. The summed E-state index contributed by atoms with van der Waals surface area (Å²) >= 11 is 11.8. The van der Waals surface area contributed by atoms with Gasteiger partial charge in [-0.15, -0.1) is 0 Å². The van der Waals surface area contributed by atoms with Gasteiger partial charge in [0.2, 0.25) is 0 Å². The Hall–Kier alpha value is -0.320. The molecule has 0 amide bonds. The van der Waals surface area contributed by atoms with Crippen molar-refractivity contribution in [2.24, 2.45) is 0 Å². The van der Waals surface area contributed by atoms with Crippen LogP contribution in [0.15, 0.2) is 18.2 Å². The molecule has 1 aromatic carbocycles. The van der Waals surface area contributed by atoms with Crippen molar-refractivity contribution in [2.45, 2.75) is 12.6 Å². The van der Waals surface area contributed by atoms with Crippen molar-refractivity contribution in [1.29, 1.82) is 0 Å². The maximum absolute atomic E-state index is 9.05. The minimum Gasteiger partial charge on any atom is -0.395 e. The molecule has 1 atom stereocenters. The Morgan fingerprint density at radius 3 is 2.75 bits per heavy atom. The summed E-state index contributed by atoms with van der Waals surface area (Å²) < 4.78 is 4.96. The van der Waals surface area contributed by atoms with E-state index in [2.05, 4.69) is 5.32 Å². The number of rotatable bonds is 6. The molecular formula is C11H15Cl2NO2. The van der Waals surface area contributed by atoms with E-state index in [4.69, 9.17) is 33.0 Å². The van der Waals surface area contributed by atoms with E-state index in [1.54, 1.807) is 19.2 Å². The molecule has 1 unspecified atom stereocenters. The van der Waals surface area contributed by atoms with Crippen LogP contribution in [0.5, 0.6) is 0 Å². The van der Waals surface area contributed by atoms with Crippen LogP contribution in [0.2, 0.25) is 10.0 Å². The van der Waals surface area contributed by atoms with E-state index < -0.39 is 0 Å². The van der Waals surface area contributed by atoms with Crippen LogP contribution >= 0.6 is 23.2 Å². The van der Waals surface area contributed by atoms with Gasteiger partial charge in [0.1, 0.15) is 0 Å². The van der Waals surface area contributed by atoms with Crippen molar-refractivity contribution in [3.05, 3.63) is 33.8 Å². The van der Waals surface area contributed by atoms with Crippen LogP contribution in [-0.2, 0) is 11.3 Å². The zero-order valence-electron chi connectivity index (χ0n) is 9.04. The van der Waals surface area contributed by atoms with Gasteiger partial charge < -0.3 is 15.2 Å². The second kappa shape index (κ2) is 7.09. The molecule has 0 heterocycles. The van der Waals surface area contributed by atoms with E-state index in [1.165, 1.54) is 0 Å². The van der Waals surface area contributed by atoms with Crippen molar-refractivity contribution in [1.82, 2.24) is 5.32 Å². The van der Waals surface area contributed by atoms with Gasteiger partial charge in [0.05, 0.1) is 19.3 Å².